The average Bonchev–Trinajstić information content (AvgIpc) is 2.40. The lowest BCUT2D eigenvalue weighted by Gasteiger charge is -2.19. The Balaban J connectivity index is 2.43. The van der Waals surface area contributed by atoms with E-state index >= 15 is 0 Å². The van der Waals surface area contributed by atoms with Crippen LogP contribution in [0.1, 0.15) is 31.9 Å². The lowest BCUT2D eigenvalue weighted by Crippen LogP contribution is -2.10. The summed E-state index contributed by atoms with van der Waals surface area (Å²) < 4.78 is 0. The first-order chi connectivity index (χ1) is 9.41. The molecule has 0 amide bonds. The van der Waals surface area contributed by atoms with Gasteiger partial charge in [-0.25, -0.2) is 0 Å². The molecule has 2 aromatic rings. The minimum atomic E-state index is 0.181. The lowest BCUT2D eigenvalue weighted by atomic mass is 9.86. The highest BCUT2D eigenvalue weighted by Gasteiger charge is 2.13. The van der Waals surface area contributed by atoms with Crippen molar-refractivity contribution in [3.8, 4) is 11.1 Å². The van der Waals surface area contributed by atoms with E-state index in [0.29, 0.717) is 0 Å². The summed E-state index contributed by atoms with van der Waals surface area (Å²) in [6.07, 6.45) is 0. The van der Waals surface area contributed by atoms with Crippen LogP contribution in [0.3, 0.4) is 0 Å². The minimum Gasteiger partial charge on any atom is -0.316 e. The fraction of sp³-hybridized carbons (Fsp3) is 0.333. The molecule has 0 unspecified atom stereocenters. The molecule has 0 saturated heterocycles. The average molecular weight is 288 g/mol. The lowest BCUT2D eigenvalue weighted by molar-refractivity contribution is 0.590. The first kappa shape index (κ1) is 15.1. The van der Waals surface area contributed by atoms with E-state index in [0.717, 1.165) is 11.6 Å². The van der Waals surface area contributed by atoms with E-state index in [1.807, 2.05) is 19.2 Å². The monoisotopic (exact) mass is 287 g/mol. The van der Waals surface area contributed by atoms with Crippen LogP contribution in [0.15, 0.2) is 42.5 Å². The number of halogens is 1. The normalized spacial score (nSPS) is 11.7. The number of hydrogen-bond donors (Lipinski definition) is 1. The zero-order valence-electron chi connectivity index (χ0n) is 12.6. The maximum atomic E-state index is 6.15. The molecule has 0 fully saturated rings. The molecule has 1 N–H and O–H groups in total. The molecule has 0 heterocycles. The van der Waals surface area contributed by atoms with E-state index < -0.39 is 0 Å². The Morgan fingerprint density at radius 2 is 1.65 bits per heavy atom. The van der Waals surface area contributed by atoms with Crippen LogP contribution < -0.4 is 5.32 Å². The second kappa shape index (κ2) is 5.99. The third-order valence-corrected chi connectivity index (χ3v) is 3.74. The zero-order valence-corrected chi connectivity index (χ0v) is 13.4. The minimum absolute atomic E-state index is 0.181. The predicted octanol–water partition coefficient (Wildman–Crippen LogP) is 5.02. The summed E-state index contributed by atoms with van der Waals surface area (Å²) in [7, 11) is 1.96. The summed E-state index contributed by atoms with van der Waals surface area (Å²) in [6.45, 7) is 7.53. The fourth-order valence-corrected chi connectivity index (χ4v) is 2.48. The molecule has 0 aliphatic rings. The van der Waals surface area contributed by atoms with Gasteiger partial charge >= 0.3 is 0 Å². The molecule has 0 spiro atoms. The van der Waals surface area contributed by atoms with Crippen LogP contribution in [-0.4, -0.2) is 7.05 Å². The standard InChI is InChI=1S/C18H22ClN/c1-18(2,3)15-8-5-13(6-9-15)17-11-16(19)10-7-14(17)12-20-4/h5-11,20H,12H2,1-4H3. The third kappa shape index (κ3) is 3.41. The molecular weight excluding hydrogens is 266 g/mol. The number of nitrogens with one attached hydrogen (secondary N) is 1. The Bertz CT molecular complexity index is 579. The van der Waals surface area contributed by atoms with Gasteiger partial charge in [-0.15, -0.1) is 0 Å². The van der Waals surface area contributed by atoms with Crippen molar-refractivity contribution in [2.24, 2.45) is 0 Å². The van der Waals surface area contributed by atoms with Crippen LogP contribution in [0.2, 0.25) is 5.02 Å². The quantitative estimate of drug-likeness (QED) is 0.835. The second-order valence-corrected chi connectivity index (χ2v) is 6.60. The molecule has 0 saturated carbocycles. The van der Waals surface area contributed by atoms with Gasteiger partial charge in [0, 0.05) is 11.6 Å². The molecule has 20 heavy (non-hydrogen) atoms. The Hall–Kier alpha value is -1.31. The van der Waals surface area contributed by atoms with Gasteiger partial charge in [-0.1, -0.05) is 62.7 Å². The molecule has 0 radical (unpaired) electrons. The van der Waals surface area contributed by atoms with Crippen LogP contribution in [0, 0.1) is 0 Å². The Morgan fingerprint density at radius 3 is 2.20 bits per heavy atom. The molecule has 106 valence electrons. The predicted molar refractivity (Wildman–Crippen MR) is 88.4 cm³/mol. The number of hydrogen-bond acceptors (Lipinski definition) is 1. The summed E-state index contributed by atoms with van der Waals surface area (Å²) in [4.78, 5) is 0. The summed E-state index contributed by atoms with van der Waals surface area (Å²) in [5, 5.41) is 3.98. The zero-order chi connectivity index (χ0) is 14.8. The van der Waals surface area contributed by atoms with Crippen LogP contribution in [0.25, 0.3) is 11.1 Å². The van der Waals surface area contributed by atoms with Gasteiger partial charge in [-0.3, -0.25) is 0 Å². The fourth-order valence-electron chi connectivity index (χ4n) is 2.31. The molecule has 2 rings (SSSR count). The Labute approximate surface area is 127 Å². The highest BCUT2D eigenvalue weighted by molar-refractivity contribution is 6.30. The van der Waals surface area contributed by atoms with Crippen LogP contribution in [-0.2, 0) is 12.0 Å². The van der Waals surface area contributed by atoms with Crippen molar-refractivity contribution < 1.29 is 0 Å². The van der Waals surface area contributed by atoms with Crippen molar-refractivity contribution in [2.75, 3.05) is 7.05 Å². The largest absolute Gasteiger partial charge is 0.316 e. The van der Waals surface area contributed by atoms with Gasteiger partial charge in [0.2, 0.25) is 0 Å². The van der Waals surface area contributed by atoms with Crippen molar-refractivity contribution in [3.63, 3.8) is 0 Å². The number of rotatable bonds is 3. The molecule has 0 bridgehead atoms. The smallest absolute Gasteiger partial charge is 0.0412 e. The van der Waals surface area contributed by atoms with Gasteiger partial charge in [0.15, 0.2) is 0 Å². The molecule has 0 aliphatic heterocycles. The van der Waals surface area contributed by atoms with Crippen LogP contribution >= 0.6 is 11.6 Å². The van der Waals surface area contributed by atoms with Gasteiger partial charge in [-0.2, -0.15) is 0 Å². The van der Waals surface area contributed by atoms with Crippen molar-refractivity contribution in [2.45, 2.75) is 32.7 Å². The van der Waals surface area contributed by atoms with Gasteiger partial charge in [0.05, 0.1) is 0 Å². The maximum Gasteiger partial charge on any atom is 0.0412 e. The second-order valence-electron chi connectivity index (χ2n) is 6.16. The SMILES string of the molecule is CNCc1ccc(Cl)cc1-c1ccc(C(C)(C)C)cc1. The molecular formula is C18H22ClN. The van der Waals surface area contributed by atoms with Crippen LogP contribution in [0.5, 0.6) is 0 Å². The first-order valence-corrected chi connectivity index (χ1v) is 7.33. The van der Waals surface area contributed by atoms with E-state index in [2.05, 4.69) is 56.4 Å². The summed E-state index contributed by atoms with van der Waals surface area (Å²) >= 11 is 6.15. The van der Waals surface area contributed by atoms with Gasteiger partial charge < -0.3 is 5.32 Å². The molecule has 2 heteroatoms. The molecule has 2 aromatic carbocycles. The highest BCUT2D eigenvalue weighted by Crippen LogP contribution is 2.30. The van der Waals surface area contributed by atoms with Gasteiger partial charge in [0.1, 0.15) is 0 Å². The summed E-state index contributed by atoms with van der Waals surface area (Å²) in [5.74, 6) is 0. The molecule has 0 aromatic heterocycles. The highest BCUT2D eigenvalue weighted by atomic mass is 35.5. The Morgan fingerprint density at radius 1 is 1.00 bits per heavy atom. The molecule has 1 nitrogen and oxygen atoms in total. The van der Waals surface area contributed by atoms with E-state index in [9.17, 15) is 0 Å². The Kier molecular flexibility index (Phi) is 4.52. The molecule has 0 atom stereocenters. The first-order valence-electron chi connectivity index (χ1n) is 6.96. The number of benzene rings is 2. The maximum absolute atomic E-state index is 6.15. The van der Waals surface area contributed by atoms with E-state index in [1.54, 1.807) is 0 Å². The van der Waals surface area contributed by atoms with E-state index in [4.69, 9.17) is 11.6 Å². The van der Waals surface area contributed by atoms with Crippen molar-refractivity contribution >= 4 is 11.6 Å². The van der Waals surface area contributed by atoms with Gasteiger partial charge in [-0.05, 0) is 46.8 Å². The topological polar surface area (TPSA) is 12.0 Å². The van der Waals surface area contributed by atoms with Crippen molar-refractivity contribution in [3.05, 3.63) is 58.6 Å². The third-order valence-electron chi connectivity index (χ3n) is 3.50. The van der Waals surface area contributed by atoms with Crippen LogP contribution in [0.4, 0.5) is 0 Å². The molecule has 0 aliphatic carbocycles. The van der Waals surface area contributed by atoms with E-state index in [1.165, 1.54) is 22.3 Å². The van der Waals surface area contributed by atoms with Gasteiger partial charge in [0.25, 0.3) is 0 Å². The van der Waals surface area contributed by atoms with Crippen molar-refractivity contribution in [1.82, 2.24) is 5.32 Å². The summed E-state index contributed by atoms with van der Waals surface area (Å²) in [5.41, 5.74) is 5.21. The van der Waals surface area contributed by atoms with Crippen molar-refractivity contribution in [1.29, 1.82) is 0 Å². The van der Waals surface area contributed by atoms with E-state index in [-0.39, 0.29) is 5.41 Å². The summed E-state index contributed by atoms with van der Waals surface area (Å²) in [6, 6.07) is 14.9.